The highest BCUT2D eigenvalue weighted by atomic mass is 32.2. The number of rotatable bonds is 3. The summed E-state index contributed by atoms with van der Waals surface area (Å²) in [5, 5.41) is 1.70. The molecule has 2 heteroatoms. The fourth-order valence-corrected chi connectivity index (χ4v) is 1.28. The molecule has 0 fully saturated rings. The Balaban J connectivity index is 2.82. The molecule has 0 saturated carbocycles. The van der Waals surface area contributed by atoms with E-state index in [0.717, 1.165) is 10.5 Å². The van der Waals surface area contributed by atoms with E-state index in [-0.39, 0.29) is 5.82 Å². The van der Waals surface area contributed by atoms with Gasteiger partial charge in [0, 0.05) is 4.91 Å². The van der Waals surface area contributed by atoms with Crippen molar-refractivity contribution >= 4 is 16.7 Å². The van der Waals surface area contributed by atoms with Crippen LogP contribution in [-0.2, 0) is 0 Å². The molecule has 0 atom stereocenters. The first-order valence-corrected chi connectivity index (χ1v) is 4.34. The third kappa shape index (κ3) is 2.24. The maximum atomic E-state index is 12.5. The molecule has 0 amide bonds. The van der Waals surface area contributed by atoms with E-state index in [9.17, 15) is 4.39 Å². The number of benzene rings is 1. The van der Waals surface area contributed by atoms with Crippen LogP contribution in [0.3, 0.4) is 0 Å². The first-order valence-electron chi connectivity index (χ1n) is 3.46. The predicted molar refractivity (Wildman–Crippen MR) is 53.2 cm³/mol. The van der Waals surface area contributed by atoms with Crippen molar-refractivity contribution in [2.45, 2.75) is 0 Å². The van der Waals surface area contributed by atoms with Crippen molar-refractivity contribution in [2.75, 3.05) is 0 Å². The van der Waals surface area contributed by atoms with E-state index in [1.807, 2.05) is 0 Å². The van der Waals surface area contributed by atoms with Crippen LogP contribution < -0.4 is 0 Å². The number of halogens is 1. The van der Waals surface area contributed by atoms with E-state index < -0.39 is 0 Å². The summed E-state index contributed by atoms with van der Waals surface area (Å²) in [5.41, 5.74) is 0.932. The van der Waals surface area contributed by atoms with Gasteiger partial charge >= 0.3 is 0 Å². The minimum absolute atomic E-state index is 0.227. The Kier molecular flexibility index (Phi) is 3.11. The van der Waals surface area contributed by atoms with E-state index in [4.69, 9.17) is 0 Å². The highest BCUT2D eigenvalue weighted by Gasteiger charge is 1.96. The average molecular weight is 180 g/mol. The van der Waals surface area contributed by atoms with Crippen molar-refractivity contribution in [1.29, 1.82) is 0 Å². The van der Waals surface area contributed by atoms with Gasteiger partial charge in [0.15, 0.2) is 0 Å². The van der Waals surface area contributed by atoms with Gasteiger partial charge in [-0.1, -0.05) is 37.1 Å². The van der Waals surface area contributed by atoms with Crippen LogP contribution in [-0.4, -0.2) is 0 Å². The van der Waals surface area contributed by atoms with Crippen molar-refractivity contribution in [2.24, 2.45) is 0 Å². The van der Waals surface area contributed by atoms with E-state index in [2.05, 4.69) is 13.2 Å². The Morgan fingerprint density at radius 1 is 1.33 bits per heavy atom. The Labute approximate surface area is 75.8 Å². The summed E-state index contributed by atoms with van der Waals surface area (Å²) < 4.78 is 12.5. The molecular formula is C10H9FS. The second-order valence-electron chi connectivity index (χ2n) is 2.21. The average Bonchev–Trinajstić information content (AvgIpc) is 2.06. The van der Waals surface area contributed by atoms with Gasteiger partial charge in [-0.15, -0.1) is 0 Å². The Hall–Kier alpha value is -1.02. The van der Waals surface area contributed by atoms with Gasteiger partial charge in [0.05, 0.1) is 0 Å². The normalized spacial score (nSPS) is 9.42. The van der Waals surface area contributed by atoms with Crippen molar-refractivity contribution in [3.05, 3.63) is 54.2 Å². The lowest BCUT2D eigenvalue weighted by molar-refractivity contribution is 0.628. The van der Waals surface area contributed by atoms with E-state index in [1.54, 1.807) is 17.5 Å². The smallest absolute Gasteiger partial charge is 0.123 e. The minimum atomic E-state index is -0.227. The molecule has 0 bridgehead atoms. The van der Waals surface area contributed by atoms with Gasteiger partial charge in [-0.25, -0.2) is 4.39 Å². The molecule has 0 aliphatic carbocycles. The van der Waals surface area contributed by atoms with Crippen LogP contribution in [0.25, 0.3) is 4.91 Å². The molecule has 0 aliphatic heterocycles. The first kappa shape index (κ1) is 9.07. The molecule has 0 heterocycles. The number of hydrogen-bond acceptors (Lipinski definition) is 1. The van der Waals surface area contributed by atoms with Gasteiger partial charge in [-0.05, 0) is 23.1 Å². The van der Waals surface area contributed by atoms with Crippen molar-refractivity contribution in [1.82, 2.24) is 0 Å². The lowest BCUT2D eigenvalue weighted by Crippen LogP contribution is -1.77. The molecule has 0 aromatic heterocycles. The monoisotopic (exact) mass is 180 g/mol. The van der Waals surface area contributed by atoms with E-state index >= 15 is 0 Å². The lowest BCUT2D eigenvalue weighted by Gasteiger charge is -2.00. The fraction of sp³-hybridized carbons (Fsp3) is 0. The third-order valence-electron chi connectivity index (χ3n) is 1.39. The highest BCUT2D eigenvalue weighted by Crippen LogP contribution is 2.25. The van der Waals surface area contributed by atoms with Gasteiger partial charge in [-0.2, -0.15) is 0 Å². The molecule has 0 unspecified atom stereocenters. The van der Waals surface area contributed by atoms with Crippen LogP contribution in [0.15, 0.2) is 42.8 Å². The summed E-state index contributed by atoms with van der Waals surface area (Å²) in [7, 11) is 0. The summed E-state index contributed by atoms with van der Waals surface area (Å²) >= 11 is 1.44. The highest BCUT2D eigenvalue weighted by molar-refractivity contribution is 8.10. The molecule has 0 aliphatic rings. The summed E-state index contributed by atoms with van der Waals surface area (Å²) in [6, 6.07) is 6.25. The summed E-state index contributed by atoms with van der Waals surface area (Å²) in [6.45, 7) is 7.39. The number of thioether (sulfide) groups is 1. The van der Waals surface area contributed by atoms with Gasteiger partial charge in [0.25, 0.3) is 0 Å². The van der Waals surface area contributed by atoms with Crippen LogP contribution in [0.4, 0.5) is 4.39 Å². The molecule has 62 valence electrons. The van der Waals surface area contributed by atoms with Crippen molar-refractivity contribution in [3.63, 3.8) is 0 Å². The summed E-state index contributed by atoms with van der Waals surface area (Å²) in [5.74, 6) is -0.227. The van der Waals surface area contributed by atoms with Crippen LogP contribution in [0.1, 0.15) is 5.56 Å². The standard InChI is InChI=1S/C10H9FS/c1-3-12-8(2)9-4-6-10(11)7-5-9/h3-7H,1-2H2. The molecule has 0 N–H and O–H groups in total. The van der Waals surface area contributed by atoms with Crippen LogP contribution >= 0.6 is 11.8 Å². The van der Waals surface area contributed by atoms with Gasteiger partial charge in [-0.3, -0.25) is 0 Å². The summed E-state index contributed by atoms with van der Waals surface area (Å²) in [6.07, 6.45) is 0. The molecule has 0 radical (unpaired) electrons. The zero-order valence-electron chi connectivity index (χ0n) is 6.59. The van der Waals surface area contributed by atoms with Crippen molar-refractivity contribution < 1.29 is 4.39 Å². The largest absolute Gasteiger partial charge is 0.207 e. The fourth-order valence-electron chi connectivity index (χ4n) is 0.804. The maximum Gasteiger partial charge on any atom is 0.123 e. The van der Waals surface area contributed by atoms with E-state index in [1.165, 1.54) is 23.9 Å². The number of hydrogen-bond donors (Lipinski definition) is 0. The second kappa shape index (κ2) is 4.12. The predicted octanol–water partition coefficient (Wildman–Crippen LogP) is 3.67. The molecule has 0 nitrogen and oxygen atoms in total. The Morgan fingerprint density at radius 2 is 1.92 bits per heavy atom. The topological polar surface area (TPSA) is 0 Å². The van der Waals surface area contributed by atoms with Crippen LogP contribution in [0, 0.1) is 5.82 Å². The van der Waals surface area contributed by atoms with Gasteiger partial charge in [0.2, 0.25) is 0 Å². The van der Waals surface area contributed by atoms with Gasteiger partial charge in [0.1, 0.15) is 5.82 Å². The zero-order chi connectivity index (χ0) is 8.97. The molecule has 1 aromatic carbocycles. The zero-order valence-corrected chi connectivity index (χ0v) is 7.40. The lowest BCUT2D eigenvalue weighted by atomic mass is 10.2. The van der Waals surface area contributed by atoms with Crippen LogP contribution in [0.2, 0.25) is 0 Å². The second-order valence-corrected chi connectivity index (χ2v) is 3.28. The Bertz CT molecular complexity index is 287. The quantitative estimate of drug-likeness (QED) is 0.683. The Morgan fingerprint density at radius 3 is 2.42 bits per heavy atom. The molecule has 1 aromatic rings. The van der Waals surface area contributed by atoms with E-state index in [0.29, 0.717) is 0 Å². The first-order chi connectivity index (χ1) is 5.74. The SMILES string of the molecule is C=CSC(=C)c1ccc(F)cc1. The molecular weight excluding hydrogens is 171 g/mol. The molecule has 0 spiro atoms. The molecule has 12 heavy (non-hydrogen) atoms. The van der Waals surface area contributed by atoms with Crippen molar-refractivity contribution in [3.8, 4) is 0 Å². The van der Waals surface area contributed by atoms with Crippen LogP contribution in [0.5, 0.6) is 0 Å². The third-order valence-corrected chi connectivity index (χ3v) is 2.08. The summed E-state index contributed by atoms with van der Waals surface area (Å²) in [4.78, 5) is 0.880. The molecule has 0 saturated heterocycles. The maximum absolute atomic E-state index is 12.5. The van der Waals surface area contributed by atoms with Gasteiger partial charge < -0.3 is 0 Å². The molecule has 1 rings (SSSR count). The minimum Gasteiger partial charge on any atom is -0.207 e.